The second-order valence-corrected chi connectivity index (χ2v) is 7.36. The van der Waals surface area contributed by atoms with Crippen LogP contribution in [0, 0.1) is 6.92 Å². The molecule has 0 aliphatic rings. The minimum absolute atomic E-state index is 0.200. The lowest BCUT2D eigenvalue weighted by molar-refractivity contribution is -0.137. The number of hydrogen-bond donors (Lipinski definition) is 1. The third-order valence-corrected chi connectivity index (χ3v) is 5.23. The molecule has 1 amide bonds. The molecule has 6 nitrogen and oxygen atoms in total. The van der Waals surface area contributed by atoms with E-state index in [4.69, 9.17) is 0 Å². The Kier molecular flexibility index (Phi) is 5.50. The highest BCUT2D eigenvalue weighted by Gasteiger charge is 2.30. The molecule has 0 atom stereocenters. The Bertz CT molecular complexity index is 976. The zero-order chi connectivity index (χ0) is 20.5. The molecule has 0 aromatic carbocycles. The fraction of sp³-hybridized carbons (Fsp3) is 0.333. The first-order chi connectivity index (χ1) is 13.2. The Balaban J connectivity index is 1.72. The summed E-state index contributed by atoms with van der Waals surface area (Å²) in [6, 6.07) is 2.14. The van der Waals surface area contributed by atoms with E-state index < -0.39 is 11.7 Å². The van der Waals surface area contributed by atoms with Gasteiger partial charge in [-0.15, -0.1) is 11.3 Å². The van der Waals surface area contributed by atoms with Crippen molar-refractivity contribution in [3.8, 4) is 5.82 Å². The van der Waals surface area contributed by atoms with Crippen LogP contribution in [0.4, 0.5) is 13.2 Å². The molecule has 148 valence electrons. The minimum Gasteiger partial charge on any atom is -0.346 e. The summed E-state index contributed by atoms with van der Waals surface area (Å²) >= 11 is 1.55. The van der Waals surface area contributed by atoms with E-state index in [0.29, 0.717) is 17.2 Å². The number of alkyl halides is 3. The first kappa shape index (κ1) is 20.0. The summed E-state index contributed by atoms with van der Waals surface area (Å²) in [6.45, 7) is 6.04. The number of halogens is 3. The van der Waals surface area contributed by atoms with Gasteiger partial charge in [-0.3, -0.25) is 4.79 Å². The first-order valence-electron chi connectivity index (χ1n) is 8.47. The third kappa shape index (κ3) is 4.22. The summed E-state index contributed by atoms with van der Waals surface area (Å²) in [6.07, 6.45) is -2.35. The van der Waals surface area contributed by atoms with Crippen molar-refractivity contribution in [3.05, 3.63) is 57.4 Å². The van der Waals surface area contributed by atoms with Crippen molar-refractivity contribution in [2.24, 2.45) is 0 Å². The van der Waals surface area contributed by atoms with Crippen molar-refractivity contribution in [2.75, 3.05) is 0 Å². The van der Waals surface area contributed by atoms with E-state index in [-0.39, 0.29) is 18.3 Å². The summed E-state index contributed by atoms with van der Waals surface area (Å²) in [7, 11) is 0. The van der Waals surface area contributed by atoms with Gasteiger partial charge in [0.15, 0.2) is 5.82 Å². The minimum atomic E-state index is -4.46. The number of nitrogens with one attached hydrogen (secondary N) is 1. The molecule has 0 radical (unpaired) electrons. The highest BCUT2D eigenvalue weighted by molar-refractivity contribution is 7.09. The normalized spacial score (nSPS) is 11.8. The molecule has 28 heavy (non-hydrogen) atoms. The third-order valence-electron chi connectivity index (χ3n) is 4.04. The van der Waals surface area contributed by atoms with Crippen LogP contribution in [-0.4, -0.2) is 25.7 Å². The van der Waals surface area contributed by atoms with Crippen molar-refractivity contribution < 1.29 is 18.0 Å². The lowest BCUT2D eigenvalue weighted by Crippen LogP contribution is -2.23. The van der Waals surface area contributed by atoms with Gasteiger partial charge in [-0.05, 0) is 19.1 Å². The molecule has 0 fully saturated rings. The highest BCUT2D eigenvalue weighted by Crippen LogP contribution is 2.28. The predicted molar refractivity (Wildman–Crippen MR) is 98.5 cm³/mol. The number of nitrogens with zero attached hydrogens (tertiary/aromatic N) is 4. The predicted octanol–water partition coefficient (Wildman–Crippen LogP) is 4.10. The number of carbonyl (C=O) groups is 1. The number of hydrogen-bond acceptors (Lipinski definition) is 5. The number of thiazole rings is 1. The number of rotatable bonds is 5. The van der Waals surface area contributed by atoms with Gasteiger partial charge < -0.3 is 5.32 Å². The van der Waals surface area contributed by atoms with Crippen LogP contribution in [0.2, 0.25) is 0 Å². The molecular weight excluding hydrogens is 391 g/mol. The van der Waals surface area contributed by atoms with Gasteiger partial charge in [0, 0.05) is 17.5 Å². The quantitative estimate of drug-likeness (QED) is 0.689. The second-order valence-electron chi connectivity index (χ2n) is 6.47. The van der Waals surface area contributed by atoms with Gasteiger partial charge in [0.05, 0.1) is 40.3 Å². The van der Waals surface area contributed by atoms with Crippen molar-refractivity contribution in [1.82, 2.24) is 25.1 Å². The van der Waals surface area contributed by atoms with Crippen LogP contribution in [0.3, 0.4) is 0 Å². The Morgan fingerprint density at radius 3 is 2.61 bits per heavy atom. The zero-order valence-electron chi connectivity index (χ0n) is 15.4. The van der Waals surface area contributed by atoms with E-state index in [2.05, 4.69) is 20.4 Å². The Morgan fingerprint density at radius 2 is 2.04 bits per heavy atom. The molecule has 1 N–H and O–H groups in total. The van der Waals surface area contributed by atoms with Crippen LogP contribution in [0.15, 0.2) is 29.9 Å². The largest absolute Gasteiger partial charge is 0.417 e. The molecular formula is C18H18F3N5OS. The zero-order valence-corrected chi connectivity index (χ0v) is 16.2. The smallest absolute Gasteiger partial charge is 0.346 e. The van der Waals surface area contributed by atoms with E-state index in [1.54, 1.807) is 18.3 Å². The molecule has 0 unspecified atom stereocenters. The summed E-state index contributed by atoms with van der Waals surface area (Å²) < 4.78 is 39.3. The number of amides is 1. The Hall–Kier alpha value is -2.75. The van der Waals surface area contributed by atoms with Gasteiger partial charge >= 0.3 is 6.18 Å². The molecule has 3 heterocycles. The monoisotopic (exact) mass is 409 g/mol. The van der Waals surface area contributed by atoms with Gasteiger partial charge in [-0.2, -0.15) is 18.3 Å². The molecule has 0 spiro atoms. The Morgan fingerprint density at radius 1 is 1.29 bits per heavy atom. The lowest BCUT2D eigenvalue weighted by atomic mass is 10.2. The standard InChI is InChI=1S/C18H18F3N5OS/c1-10(2)17-25-13(9-28-17)7-23-16(27)14-8-24-26(11(14)3)15-5-4-12(6-22-15)18(19,20)21/h4-6,8-10H,7H2,1-3H3,(H,23,27). The average molecular weight is 409 g/mol. The summed E-state index contributed by atoms with van der Waals surface area (Å²) in [5, 5.41) is 9.77. The SMILES string of the molecule is Cc1c(C(=O)NCc2csc(C(C)C)n2)cnn1-c1ccc(C(F)(F)F)cn1. The topological polar surface area (TPSA) is 72.7 Å². The van der Waals surface area contributed by atoms with E-state index in [0.717, 1.165) is 23.0 Å². The van der Waals surface area contributed by atoms with Gasteiger partial charge in [0.2, 0.25) is 0 Å². The van der Waals surface area contributed by atoms with Gasteiger partial charge in [-0.1, -0.05) is 13.8 Å². The molecule has 3 aromatic heterocycles. The molecule has 0 aliphatic heterocycles. The molecule has 3 aromatic rings. The molecule has 0 saturated heterocycles. The van der Waals surface area contributed by atoms with E-state index in [9.17, 15) is 18.0 Å². The fourth-order valence-electron chi connectivity index (χ4n) is 2.48. The van der Waals surface area contributed by atoms with Crippen molar-refractivity contribution in [3.63, 3.8) is 0 Å². The molecule has 10 heteroatoms. The van der Waals surface area contributed by atoms with Crippen LogP contribution < -0.4 is 5.32 Å². The van der Waals surface area contributed by atoms with Gasteiger partial charge in [0.1, 0.15) is 0 Å². The van der Waals surface area contributed by atoms with Crippen LogP contribution in [-0.2, 0) is 12.7 Å². The van der Waals surface area contributed by atoms with Crippen molar-refractivity contribution >= 4 is 17.2 Å². The van der Waals surface area contributed by atoms with Crippen LogP contribution in [0.1, 0.15) is 52.1 Å². The van der Waals surface area contributed by atoms with E-state index in [1.165, 1.54) is 16.9 Å². The van der Waals surface area contributed by atoms with Gasteiger partial charge in [0.25, 0.3) is 5.91 Å². The highest BCUT2D eigenvalue weighted by atomic mass is 32.1. The summed E-state index contributed by atoms with van der Waals surface area (Å²) in [5.74, 6) is 0.187. The number of aromatic nitrogens is 4. The summed E-state index contributed by atoms with van der Waals surface area (Å²) in [5.41, 5.74) is 0.728. The van der Waals surface area contributed by atoms with E-state index >= 15 is 0 Å². The maximum absolute atomic E-state index is 12.7. The van der Waals surface area contributed by atoms with Crippen molar-refractivity contribution in [2.45, 2.75) is 39.4 Å². The summed E-state index contributed by atoms with van der Waals surface area (Å²) in [4.78, 5) is 20.7. The lowest BCUT2D eigenvalue weighted by Gasteiger charge is -2.08. The molecule has 0 bridgehead atoms. The molecule has 0 saturated carbocycles. The first-order valence-corrected chi connectivity index (χ1v) is 9.35. The van der Waals surface area contributed by atoms with Gasteiger partial charge in [-0.25, -0.2) is 14.6 Å². The fourth-order valence-corrected chi connectivity index (χ4v) is 3.31. The van der Waals surface area contributed by atoms with E-state index in [1.807, 2.05) is 19.2 Å². The van der Waals surface area contributed by atoms with Crippen LogP contribution >= 0.6 is 11.3 Å². The Labute approximate surface area is 163 Å². The van der Waals surface area contributed by atoms with Crippen LogP contribution in [0.25, 0.3) is 5.82 Å². The maximum atomic E-state index is 12.7. The van der Waals surface area contributed by atoms with Crippen molar-refractivity contribution in [1.29, 1.82) is 0 Å². The maximum Gasteiger partial charge on any atom is 0.417 e. The average Bonchev–Trinajstić information content (AvgIpc) is 3.26. The number of pyridine rings is 1. The van der Waals surface area contributed by atoms with Crippen LogP contribution in [0.5, 0.6) is 0 Å². The second kappa shape index (κ2) is 7.70. The molecule has 0 aliphatic carbocycles. The molecule has 3 rings (SSSR count). The number of carbonyl (C=O) groups excluding carboxylic acids is 1.